The van der Waals surface area contributed by atoms with Gasteiger partial charge in [0.2, 0.25) is 0 Å². The van der Waals surface area contributed by atoms with Crippen LogP contribution in [-0.4, -0.2) is 46.5 Å². The van der Waals surface area contributed by atoms with E-state index in [1.165, 1.54) is 11.8 Å². The molecule has 0 aromatic heterocycles. The maximum Gasteiger partial charge on any atom is 0.303 e. The zero-order valence-corrected chi connectivity index (χ0v) is 18.4. The Bertz CT molecular complexity index is 778. The van der Waals surface area contributed by atoms with Crippen molar-refractivity contribution in [3.05, 3.63) is 28.7 Å². The van der Waals surface area contributed by atoms with Crippen LogP contribution in [0.25, 0.3) is 6.08 Å². The Morgan fingerprint density at radius 2 is 2.03 bits per heavy atom. The predicted octanol–water partition coefficient (Wildman–Crippen LogP) is 4.72. The van der Waals surface area contributed by atoms with Crippen LogP contribution in [0.4, 0.5) is 0 Å². The molecule has 0 saturated carbocycles. The van der Waals surface area contributed by atoms with Gasteiger partial charge in [-0.2, -0.15) is 0 Å². The van der Waals surface area contributed by atoms with Gasteiger partial charge < -0.3 is 14.6 Å². The predicted molar refractivity (Wildman–Crippen MR) is 119 cm³/mol. The normalized spacial score (nSPS) is 15.2. The van der Waals surface area contributed by atoms with Crippen molar-refractivity contribution in [2.45, 2.75) is 45.4 Å². The fourth-order valence-corrected chi connectivity index (χ4v) is 4.10. The van der Waals surface area contributed by atoms with Crippen LogP contribution >= 0.6 is 24.0 Å². The first kappa shape index (κ1) is 23.2. The molecule has 6 nitrogen and oxygen atoms in total. The van der Waals surface area contributed by atoms with Gasteiger partial charge in [-0.3, -0.25) is 14.5 Å². The van der Waals surface area contributed by atoms with Crippen molar-refractivity contribution in [3.8, 4) is 11.5 Å². The lowest BCUT2D eigenvalue weighted by atomic mass is 10.1. The minimum atomic E-state index is -0.796. The zero-order valence-electron chi connectivity index (χ0n) is 16.8. The highest BCUT2D eigenvalue weighted by atomic mass is 32.2. The number of thiocarbonyl (C=S) groups is 1. The summed E-state index contributed by atoms with van der Waals surface area (Å²) in [6, 6.07) is 5.59. The van der Waals surface area contributed by atoms with Gasteiger partial charge in [0.1, 0.15) is 4.32 Å². The largest absolute Gasteiger partial charge is 0.493 e. The molecule has 1 amide bonds. The van der Waals surface area contributed by atoms with Gasteiger partial charge in [-0.25, -0.2) is 0 Å². The van der Waals surface area contributed by atoms with Crippen LogP contribution in [0.2, 0.25) is 0 Å². The molecule has 2 rings (SSSR count). The van der Waals surface area contributed by atoms with E-state index in [-0.39, 0.29) is 12.3 Å². The standard InChI is InChI=1S/C21H27NO5S2/c1-3-4-12-27-16-10-9-15(13-17(16)26-2)14-18-20(25)22(21(28)29-18)11-7-5-6-8-19(23)24/h9-10,13-14H,3-8,11-12H2,1-2H3,(H,23,24). The molecule has 29 heavy (non-hydrogen) atoms. The number of methoxy groups -OCH3 is 1. The number of aliphatic carboxylic acids is 1. The molecule has 1 fully saturated rings. The summed E-state index contributed by atoms with van der Waals surface area (Å²) in [6.45, 7) is 3.25. The highest BCUT2D eigenvalue weighted by Gasteiger charge is 2.31. The van der Waals surface area contributed by atoms with Crippen molar-refractivity contribution < 1.29 is 24.2 Å². The lowest BCUT2D eigenvalue weighted by Gasteiger charge is -2.13. The van der Waals surface area contributed by atoms with Crippen molar-refractivity contribution in [2.24, 2.45) is 0 Å². The number of hydrogen-bond donors (Lipinski definition) is 1. The number of ether oxygens (including phenoxy) is 2. The molecule has 1 aromatic carbocycles. The Kier molecular flexibility index (Phi) is 9.47. The van der Waals surface area contributed by atoms with Crippen molar-refractivity contribution in [2.75, 3.05) is 20.3 Å². The second-order valence-corrected chi connectivity index (χ2v) is 8.33. The van der Waals surface area contributed by atoms with Crippen molar-refractivity contribution in [1.29, 1.82) is 0 Å². The minimum absolute atomic E-state index is 0.111. The molecule has 1 aliphatic rings. The number of unbranched alkanes of at least 4 members (excludes halogenated alkanes) is 3. The number of carboxylic acids is 1. The summed E-state index contributed by atoms with van der Waals surface area (Å²) in [4.78, 5) is 25.4. The summed E-state index contributed by atoms with van der Waals surface area (Å²) in [7, 11) is 1.59. The zero-order chi connectivity index (χ0) is 21.2. The van der Waals surface area contributed by atoms with E-state index in [0.717, 1.165) is 31.2 Å². The molecule has 1 heterocycles. The van der Waals surface area contributed by atoms with Crippen LogP contribution in [0.1, 0.15) is 51.0 Å². The lowest BCUT2D eigenvalue weighted by molar-refractivity contribution is -0.137. The first-order chi connectivity index (χ1) is 14.0. The number of carbonyl (C=O) groups excluding carboxylic acids is 1. The number of carbonyl (C=O) groups is 2. The molecule has 1 aromatic rings. The smallest absolute Gasteiger partial charge is 0.303 e. The maximum absolute atomic E-state index is 12.7. The van der Waals surface area contributed by atoms with Gasteiger partial charge in [0.25, 0.3) is 5.91 Å². The van der Waals surface area contributed by atoms with Crippen LogP contribution in [-0.2, 0) is 9.59 Å². The molecule has 0 bridgehead atoms. The van der Waals surface area contributed by atoms with Crippen LogP contribution in [0, 0.1) is 0 Å². The van der Waals surface area contributed by atoms with E-state index >= 15 is 0 Å². The highest BCUT2D eigenvalue weighted by molar-refractivity contribution is 8.26. The van der Waals surface area contributed by atoms with Crippen molar-refractivity contribution in [3.63, 3.8) is 0 Å². The number of benzene rings is 1. The van der Waals surface area contributed by atoms with E-state index in [1.54, 1.807) is 12.0 Å². The molecular weight excluding hydrogens is 410 g/mol. The number of rotatable bonds is 12. The molecule has 158 valence electrons. The molecule has 0 aliphatic carbocycles. The molecule has 0 spiro atoms. The Labute approximate surface area is 181 Å². The summed E-state index contributed by atoms with van der Waals surface area (Å²) < 4.78 is 11.7. The SMILES string of the molecule is CCCCOc1ccc(C=C2SC(=S)N(CCCCCC(=O)O)C2=O)cc1OC. The van der Waals surface area contributed by atoms with Gasteiger partial charge in [-0.05, 0) is 43.0 Å². The van der Waals surface area contributed by atoms with E-state index in [1.807, 2.05) is 24.3 Å². The number of hydrogen-bond acceptors (Lipinski definition) is 6. The fourth-order valence-electron chi connectivity index (χ4n) is 2.79. The van der Waals surface area contributed by atoms with Crippen LogP contribution in [0.3, 0.4) is 0 Å². The van der Waals surface area contributed by atoms with Crippen molar-refractivity contribution >= 4 is 46.3 Å². The number of nitrogens with zero attached hydrogens (tertiary/aromatic N) is 1. The fraction of sp³-hybridized carbons (Fsp3) is 0.476. The van der Waals surface area contributed by atoms with E-state index in [2.05, 4.69) is 6.92 Å². The van der Waals surface area contributed by atoms with Gasteiger partial charge in [-0.15, -0.1) is 0 Å². The quantitative estimate of drug-likeness (QED) is 0.288. The highest BCUT2D eigenvalue weighted by Crippen LogP contribution is 2.35. The third-order valence-corrected chi connectivity index (χ3v) is 5.76. The topological polar surface area (TPSA) is 76.1 Å². The van der Waals surface area contributed by atoms with Gasteiger partial charge in [0, 0.05) is 13.0 Å². The summed E-state index contributed by atoms with van der Waals surface area (Å²) in [5.41, 5.74) is 0.839. The number of carboxylic acid groups (broad SMARTS) is 1. The van der Waals surface area contributed by atoms with E-state index in [4.69, 9.17) is 26.8 Å². The second-order valence-electron chi connectivity index (χ2n) is 6.65. The first-order valence-corrected chi connectivity index (χ1v) is 11.0. The lowest BCUT2D eigenvalue weighted by Crippen LogP contribution is -2.29. The van der Waals surface area contributed by atoms with Crippen LogP contribution in [0.5, 0.6) is 11.5 Å². The molecule has 1 saturated heterocycles. The molecule has 0 atom stereocenters. The average Bonchev–Trinajstić information content (AvgIpc) is 2.95. The van der Waals surface area contributed by atoms with Crippen LogP contribution in [0.15, 0.2) is 23.1 Å². The average molecular weight is 438 g/mol. The summed E-state index contributed by atoms with van der Waals surface area (Å²) in [5, 5.41) is 8.68. The Hall–Kier alpha value is -2.06. The van der Waals surface area contributed by atoms with Gasteiger partial charge in [-0.1, -0.05) is 49.8 Å². The first-order valence-electron chi connectivity index (χ1n) is 9.74. The van der Waals surface area contributed by atoms with Gasteiger partial charge >= 0.3 is 5.97 Å². The second kappa shape index (κ2) is 11.8. The van der Waals surface area contributed by atoms with Gasteiger partial charge in [0.05, 0.1) is 18.6 Å². The molecule has 0 unspecified atom stereocenters. The molecule has 1 aliphatic heterocycles. The minimum Gasteiger partial charge on any atom is -0.493 e. The number of thioether (sulfide) groups is 1. The molecule has 0 radical (unpaired) electrons. The Balaban J connectivity index is 2.00. The molecular formula is C21H27NO5S2. The Morgan fingerprint density at radius 3 is 2.72 bits per heavy atom. The van der Waals surface area contributed by atoms with Gasteiger partial charge in [0.15, 0.2) is 11.5 Å². The summed E-state index contributed by atoms with van der Waals surface area (Å²) in [6.07, 6.45) is 6.07. The van der Waals surface area contributed by atoms with E-state index in [0.29, 0.717) is 40.3 Å². The number of amides is 1. The van der Waals surface area contributed by atoms with E-state index in [9.17, 15) is 9.59 Å². The summed E-state index contributed by atoms with van der Waals surface area (Å²) in [5.74, 6) is 0.409. The van der Waals surface area contributed by atoms with Crippen LogP contribution < -0.4 is 9.47 Å². The maximum atomic E-state index is 12.7. The van der Waals surface area contributed by atoms with E-state index < -0.39 is 5.97 Å². The summed E-state index contributed by atoms with van der Waals surface area (Å²) >= 11 is 6.63. The monoisotopic (exact) mass is 437 g/mol. The van der Waals surface area contributed by atoms with Crippen molar-refractivity contribution in [1.82, 2.24) is 4.90 Å². The third-order valence-electron chi connectivity index (χ3n) is 4.39. The third kappa shape index (κ3) is 7.04. The molecule has 1 N–H and O–H groups in total. The molecule has 8 heteroatoms. The Morgan fingerprint density at radius 1 is 1.24 bits per heavy atom.